The fourth-order valence-corrected chi connectivity index (χ4v) is 4.52. The number of thiophene rings is 1. The molecule has 1 heterocycles. The van der Waals surface area contributed by atoms with E-state index >= 15 is 0 Å². The third kappa shape index (κ3) is 3.50. The van der Waals surface area contributed by atoms with E-state index in [1.165, 1.54) is 16.9 Å². The van der Waals surface area contributed by atoms with E-state index in [9.17, 15) is 4.79 Å². The first kappa shape index (κ1) is 16.3. The predicted molar refractivity (Wildman–Crippen MR) is 98.4 cm³/mol. The van der Waals surface area contributed by atoms with Crippen molar-refractivity contribution in [1.29, 1.82) is 0 Å². The summed E-state index contributed by atoms with van der Waals surface area (Å²) in [4.78, 5) is 14.0. The van der Waals surface area contributed by atoms with E-state index in [2.05, 4.69) is 26.1 Å². The minimum atomic E-state index is 0.0299. The van der Waals surface area contributed by atoms with Crippen LogP contribution >= 0.6 is 11.3 Å². The van der Waals surface area contributed by atoms with Crippen molar-refractivity contribution in [2.24, 2.45) is 11.3 Å². The molecule has 1 unspecified atom stereocenters. The zero-order valence-corrected chi connectivity index (χ0v) is 15.2. The van der Waals surface area contributed by atoms with Gasteiger partial charge in [-0.15, -0.1) is 11.3 Å². The maximum Gasteiger partial charge on any atom is 0.256 e. The Kier molecular flexibility index (Phi) is 4.33. The summed E-state index contributed by atoms with van der Waals surface area (Å²) < 4.78 is 0. The zero-order valence-electron chi connectivity index (χ0n) is 14.4. The molecule has 1 aliphatic rings. The topological polar surface area (TPSA) is 29.1 Å². The van der Waals surface area contributed by atoms with Crippen molar-refractivity contribution in [2.45, 2.75) is 47.0 Å². The Bertz CT molecular complexity index is 723. The van der Waals surface area contributed by atoms with E-state index in [4.69, 9.17) is 0 Å². The SMILES string of the molecule is Cc1cccc(NC(=O)c2csc3c2CCC(C(C)(C)C)C3)c1. The lowest BCUT2D eigenvalue weighted by Gasteiger charge is -2.34. The van der Waals surface area contributed by atoms with Crippen molar-refractivity contribution in [3.05, 3.63) is 51.2 Å². The first-order valence-corrected chi connectivity index (χ1v) is 9.20. The number of hydrogen-bond donors (Lipinski definition) is 1. The first-order valence-electron chi connectivity index (χ1n) is 8.32. The van der Waals surface area contributed by atoms with Crippen LogP contribution in [0.3, 0.4) is 0 Å². The standard InChI is InChI=1S/C20H25NOS/c1-13-6-5-7-15(10-13)21-19(22)17-12-23-18-11-14(20(2,3)4)8-9-16(17)18/h5-7,10,12,14H,8-9,11H2,1-4H3,(H,21,22). The van der Waals surface area contributed by atoms with Crippen molar-refractivity contribution < 1.29 is 4.79 Å². The van der Waals surface area contributed by atoms with Crippen LogP contribution in [0.15, 0.2) is 29.6 Å². The number of amides is 1. The van der Waals surface area contributed by atoms with Crippen LogP contribution in [0, 0.1) is 18.3 Å². The van der Waals surface area contributed by atoms with Crippen molar-refractivity contribution in [3.8, 4) is 0 Å². The van der Waals surface area contributed by atoms with Gasteiger partial charge in [-0.25, -0.2) is 0 Å². The van der Waals surface area contributed by atoms with E-state index in [1.54, 1.807) is 11.3 Å². The molecule has 0 aliphatic heterocycles. The second-order valence-corrected chi connectivity index (χ2v) is 8.64. The summed E-state index contributed by atoms with van der Waals surface area (Å²) in [5.41, 5.74) is 4.52. The number of benzene rings is 1. The molecule has 3 rings (SSSR count). The molecule has 0 bridgehead atoms. The molecule has 1 aromatic carbocycles. The van der Waals surface area contributed by atoms with Crippen LogP contribution in [0.2, 0.25) is 0 Å². The number of rotatable bonds is 2. The van der Waals surface area contributed by atoms with E-state index in [-0.39, 0.29) is 5.91 Å². The number of carbonyl (C=O) groups is 1. The Morgan fingerprint density at radius 2 is 2.09 bits per heavy atom. The van der Waals surface area contributed by atoms with Crippen LogP contribution in [-0.4, -0.2) is 5.91 Å². The minimum absolute atomic E-state index is 0.0299. The number of fused-ring (bicyclic) bond motifs is 1. The molecule has 2 nitrogen and oxygen atoms in total. The highest BCUT2D eigenvalue weighted by atomic mass is 32.1. The van der Waals surface area contributed by atoms with E-state index < -0.39 is 0 Å². The third-order valence-corrected chi connectivity index (χ3v) is 5.95. The molecule has 2 aromatic rings. The van der Waals surface area contributed by atoms with Crippen LogP contribution in [0.5, 0.6) is 0 Å². The molecule has 1 aromatic heterocycles. The molecule has 23 heavy (non-hydrogen) atoms. The molecule has 0 saturated heterocycles. The second-order valence-electron chi connectivity index (χ2n) is 7.68. The molecule has 3 heteroatoms. The highest BCUT2D eigenvalue weighted by Crippen LogP contribution is 2.40. The lowest BCUT2D eigenvalue weighted by Crippen LogP contribution is -2.27. The third-order valence-electron chi connectivity index (χ3n) is 4.90. The monoisotopic (exact) mass is 327 g/mol. The van der Waals surface area contributed by atoms with Crippen molar-refractivity contribution in [1.82, 2.24) is 0 Å². The highest BCUT2D eigenvalue weighted by molar-refractivity contribution is 7.10. The minimum Gasteiger partial charge on any atom is -0.322 e. The van der Waals surface area contributed by atoms with Gasteiger partial charge in [-0.1, -0.05) is 32.9 Å². The Morgan fingerprint density at radius 1 is 1.30 bits per heavy atom. The quantitative estimate of drug-likeness (QED) is 0.779. The van der Waals surface area contributed by atoms with Gasteiger partial charge in [0.1, 0.15) is 0 Å². The van der Waals surface area contributed by atoms with Crippen molar-refractivity contribution in [2.75, 3.05) is 5.32 Å². The molecule has 122 valence electrons. The summed E-state index contributed by atoms with van der Waals surface area (Å²) in [6.07, 6.45) is 3.32. The van der Waals surface area contributed by atoms with Gasteiger partial charge in [0.15, 0.2) is 0 Å². The largest absolute Gasteiger partial charge is 0.322 e. The molecule has 1 aliphatic carbocycles. The van der Waals surface area contributed by atoms with Gasteiger partial charge >= 0.3 is 0 Å². The van der Waals surface area contributed by atoms with Gasteiger partial charge in [0.05, 0.1) is 5.56 Å². The summed E-state index contributed by atoms with van der Waals surface area (Å²) in [5, 5.41) is 5.09. The maximum atomic E-state index is 12.6. The Morgan fingerprint density at radius 3 is 2.78 bits per heavy atom. The molecule has 0 fully saturated rings. The molecule has 1 atom stereocenters. The Hall–Kier alpha value is -1.61. The van der Waals surface area contributed by atoms with Gasteiger partial charge in [-0.3, -0.25) is 4.79 Å². The molecule has 0 saturated carbocycles. The summed E-state index contributed by atoms with van der Waals surface area (Å²) in [7, 11) is 0. The highest BCUT2D eigenvalue weighted by Gasteiger charge is 2.31. The van der Waals surface area contributed by atoms with Crippen LogP contribution in [-0.2, 0) is 12.8 Å². The van der Waals surface area contributed by atoms with E-state index in [0.29, 0.717) is 11.3 Å². The van der Waals surface area contributed by atoms with Crippen LogP contribution in [0.1, 0.15) is 53.6 Å². The van der Waals surface area contributed by atoms with Crippen LogP contribution in [0.4, 0.5) is 5.69 Å². The van der Waals surface area contributed by atoms with Crippen molar-refractivity contribution >= 4 is 22.9 Å². The normalized spacial score (nSPS) is 17.7. The summed E-state index contributed by atoms with van der Waals surface area (Å²) in [6, 6.07) is 7.96. The lowest BCUT2D eigenvalue weighted by atomic mass is 9.72. The summed E-state index contributed by atoms with van der Waals surface area (Å²) >= 11 is 1.75. The summed E-state index contributed by atoms with van der Waals surface area (Å²) in [5.74, 6) is 0.739. The van der Waals surface area contributed by atoms with Gasteiger partial charge in [-0.05, 0) is 60.8 Å². The number of carbonyl (C=O) groups excluding carboxylic acids is 1. The van der Waals surface area contributed by atoms with E-state index in [0.717, 1.165) is 29.7 Å². The summed E-state index contributed by atoms with van der Waals surface area (Å²) in [6.45, 7) is 9.00. The number of hydrogen-bond acceptors (Lipinski definition) is 2. The van der Waals surface area contributed by atoms with Gasteiger partial charge in [0, 0.05) is 15.9 Å². The first-order chi connectivity index (χ1) is 10.8. The Labute approximate surface area is 142 Å². The van der Waals surface area contributed by atoms with Gasteiger partial charge in [-0.2, -0.15) is 0 Å². The molecule has 1 amide bonds. The zero-order chi connectivity index (χ0) is 16.6. The predicted octanol–water partition coefficient (Wildman–Crippen LogP) is 5.46. The average molecular weight is 327 g/mol. The Balaban J connectivity index is 1.78. The fraction of sp³-hybridized carbons (Fsp3) is 0.450. The second kappa shape index (κ2) is 6.12. The molecular formula is C20H25NOS. The molecule has 1 N–H and O–H groups in total. The van der Waals surface area contributed by atoms with Crippen molar-refractivity contribution in [3.63, 3.8) is 0 Å². The average Bonchev–Trinajstić information content (AvgIpc) is 2.89. The van der Waals surface area contributed by atoms with Crippen LogP contribution < -0.4 is 5.32 Å². The van der Waals surface area contributed by atoms with Gasteiger partial charge < -0.3 is 5.32 Å². The smallest absolute Gasteiger partial charge is 0.256 e. The number of aryl methyl sites for hydroxylation is 1. The fourth-order valence-electron chi connectivity index (χ4n) is 3.36. The maximum absolute atomic E-state index is 12.6. The number of nitrogens with one attached hydrogen (secondary N) is 1. The molecule has 0 spiro atoms. The molecule has 0 radical (unpaired) electrons. The number of anilines is 1. The van der Waals surface area contributed by atoms with E-state index in [1.807, 2.05) is 36.6 Å². The lowest BCUT2D eigenvalue weighted by molar-refractivity contribution is 0.102. The van der Waals surface area contributed by atoms with Crippen LogP contribution in [0.25, 0.3) is 0 Å². The van der Waals surface area contributed by atoms with Gasteiger partial charge in [0.25, 0.3) is 5.91 Å². The van der Waals surface area contributed by atoms with Gasteiger partial charge in [0.2, 0.25) is 0 Å². The molecular weight excluding hydrogens is 302 g/mol.